The van der Waals surface area contributed by atoms with Crippen molar-refractivity contribution in [2.45, 2.75) is 17.6 Å². The molecule has 8 heteroatoms. The van der Waals surface area contributed by atoms with Gasteiger partial charge in [-0.1, -0.05) is 30.3 Å². The maximum absolute atomic E-state index is 12.3. The van der Waals surface area contributed by atoms with E-state index in [4.69, 9.17) is 22.7 Å². The highest BCUT2D eigenvalue weighted by atomic mass is 32.2. The minimum Gasteiger partial charge on any atom is -0.456 e. The lowest BCUT2D eigenvalue weighted by atomic mass is 10.2. The van der Waals surface area contributed by atoms with Crippen LogP contribution in [0.4, 0.5) is 0 Å². The Kier molecular flexibility index (Phi) is 7.01. The van der Waals surface area contributed by atoms with Crippen LogP contribution in [-0.2, 0) is 16.1 Å². The number of thiocarbonyl (C=S) groups is 1. The van der Waals surface area contributed by atoms with Crippen molar-refractivity contribution in [1.29, 1.82) is 0 Å². The lowest BCUT2D eigenvalue weighted by molar-refractivity contribution is -0.136. The first-order valence-electron chi connectivity index (χ1n) is 6.74. The summed E-state index contributed by atoms with van der Waals surface area (Å²) in [6.45, 7) is 0.216. The second kappa shape index (κ2) is 9.02. The standard InChI is InChI=1S/C14H17N3O2S3/c15-14(20)17-16-11(13-21-7-4-8-22-13)12(18)19-9-10-5-2-1-3-6-10/h1-3,5-6,13H,4,7-9H2,(H3,15,17,20)/b16-11-. The van der Waals surface area contributed by atoms with Crippen molar-refractivity contribution in [1.82, 2.24) is 5.43 Å². The number of hydrazone groups is 1. The first-order valence-corrected chi connectivity index (χ1v) is 9.24. The lowest BCUT2D eigenvalue weighted by Crippen LogP contribution is -2.33. The third-order valence-corrected chi connectivity index (χ3v) is 5.77. The minimum absolute atomic E-state index is 0.0270. The topological polar surface area (TPSA) is 76.7 Å². The van der Waals surface area contributed by atoms with Crippen LogP contribution < -0.4 is 11.2 Å². The number of esters is 1. The summed E-state index contributed by atoms with van der Waals surface area (Å²) < 4.78 is 5.30. The van der Waals surface area contributed by atoms with Crippen molar-refractivity contribution in [2.75, 3.05) is 11.5 Å². The predicted octanol–water partition coefficient (Wildman–Crippen LogP) is 2.12. The van der Waals surface area contributed by atoms with Gasteiger partial charge in [-0.05, 0) is 35.7 Å². The summed E-state index contributed by atoms with van der Waals surface area (Å²) in [5.74, 6) is 1.55. The average Bonchev–Trinajstić information content (AvgIpc) is 2.55. The van der Waals surface area contributed by atoms with Crippen molar-refractivity contribution in [3.63, 3.8) is 0 Å². The quantitative estimate of drug-likeness (QED) is 0.362. The lowest BCUT2D eigenvalue weighted by Gasteiger charge is -2.21. The van der Waals surface area contributed by atoms with Crippen LogP contribution in [0.25, 0.3) is 0 Å². The normalized spacial score (nSPS) is 16.1. The molecular weight excluding hydrogens is 338 g/mol. The molecule has 0 spiro atoms. The summed E-state index contributed by atoms with van der Waals surface area (Å²) >= 11 is 8.10. The largest absolute Gasteiger partial charge is 0.456 e. The van der Waals surface area contributed by atoms with Crippen LogP contribution in [0.15, 0.2) is 35.4 Å². The third kappa shape index (κ3) is 5.51. The number of carbonyl (C=O) groups is 1. The molecule has 5 nitrogen and oxygen atoms in total. The molecule has 1 heterocycles. The van der Waals surface area contributed by atoms with E-state index >= 15 is 0 Å². The summed E-state index contributed by atoms with van der Waals surface area (Å²) in [5, 5.41) is 4.07. The highest BCUT2D eigenvalue weighted by Crippen LogP contribution is 2.32. The Bertz CT molecular complexity index is 546. The molecule has 1 aromatic rings. The fourth-order valence-corrected chi connectivity index (χ4v) is 4.61. The molecule has 2 rings (SSSR count). The van der Waals surface area contributed by atoms with Gasteiger partial charge in [-0.2, -0.15) is 5.10 Å². The van der Waals surface area contributed by atoms with E-state index in [2.05, 4.69) is 10.5 Å². The van der Waals surface area contributed by atoms with E-state index in [1.165, 1.54) is 0 Å². The fourth-order valence-electron chi connectivity index (χ4n) is 1.75. The van der Waals surface area contributed by atoms with Crippen LogP contribution in [0.3, 0.4) is 0 Å². The number of thioether (sulfide) groups is 2. The Labute approximate surface area is 143 Å². The van der Waals surface area contributed by atoms with Crippen LogP contribution in [0.5, 0.6) is 0 Å². The molecule has 1 aliphatic rings. The number of nitrogens with one attached hydrogen (secondary N) is 1. The van der Waals surface area contributed by atoms with Crippen molar-refractivity contribution < 1.29 is 9.53 Å². The van der Waals surface area contributed by atoms with Gasteiger partial charge in [0.2, 0.25) is 0 Å². The molecule has 0 amide bonds. The van der Waals surface area contributed by atoms with Crippen molar-refractivity contribution in [3.8, 4) is 0 Å². The van der Waals surface area contributed by atoms with Gasteiger partial charge in [-0.25, -0.2) is 4.79 Å². The Hall–Kier alpha value is -1.25. The van der Waals surface area contributed by atoms with Gasteiger partial charge in [0.1, 0.15) is 11.2 Å². The van der Waals surface area contributed by atoms with Crippen LogP contribution in [0.1, 0.15) is 12.0 Å². The van der Waals surface area contributed by atoms with E-state index in [-0.39, 0.29) is 16.3 Å². The first kappa shape index (κ1) is 17.1. The molecule has 1 fully saturated rings. The number of hydrogen-bond acceptors (Lipinski definition) is 6. The third-order valence-electron chi connectivity index (χ3n) is 2.76. The smallest absolute Gasteiger partial charge is 0.356 e. The maximum Gasteiger partial charge on any atom is 0.356 e. The maximum atomic E-state index is 12.3. The highest BCUT2D eigenvalue weighted by molar-refractivity contribution is 8.18. The molecule has 3 N–H and O–H groups in total. The molecule has 118 valence electrons. The summed E-state index contributed by atoms with van der Waals surface area (Å²) in [6.07, 6.45) is 1.13. The summed E-state index contributed by atoms with van der Waals surface area (Å²) in [6, 6.07) is 9.53. The molecule has 1 aliphatic heterocycles. The molecule has 0 aromatic heterocycles. The molecule has 0 saturated carbocycles. The number of hydrogen-bond donors (Lipinski definition) is 2. The summed E-state index contributed by atoms with van der Waals surface area (Å²) in [5.41, 5.74) is 9.12. The van der Waals surface area contributed by atoms with Crippen LogP contribution >= 0.6 is 35.7 Å². The van der Waals surface area contributed by atoms with Gasteiger partial charge in [0.05, 0.1) is 0 Å². The molecule has 1 saturated heterocycles. The first-order chi connectivity index (χ1) is 10.7. The summed E-state index contributed by atoms with van der Waals surface area (Å²) in [7, 11) is 0. The van der Waals surface area contributed by atoms with E-state index in [0.717, 1.165) is 23.5 Å². The van der Waals surface area contributed by atoms with E-state index in [1.54, 1.807) is 23.5 Å². The molecule has 22 heavy (non-hydrogen) atoms. The Morgan fingerprint density at radius 1 is 1.36 bits per heavy atom. The van der Waals surface area contributed by atoms with Gasteiger partial charge in [-0.3, -0.25) is 5.43 Å². The minimum atomic E-state index is -0.445. The number of ether oxygens (including phenoxy) is 1. The van der Waals surface area contributed by atoms with Gasteiger partial charge in [-0.15, -0.1) is 23.5 Å². The van der Waals surface area contributed by atoms with Crippen molar-refractivity contribution in [2.24, 2.45) is 10.8 Å². The zero-order valence-electron chi connectivity index (χ0n) is 11.9. The molecule has 0 radical (unpaired) electrons. The highest BCUT2D eigenvalue weighted by Gasteiger charge is 2.27. The SMILES string of the molecule is NC(=S)N/N=C(/C(=O)OCc1ccccc1)C1SCCCS1. The Morgan fingerprint density at radius 2 is 2.05 bits per heavy atom. The predicted molar refractivity (Wildman–Crippen MR) is 96.9 cm³/mol. The average molecular weight is 356 g/mol. The molecule has 0 atom stereocenters. The number of nitrogens with two attached hydrogens (primary N) is 1. The van der Waals surface area contributed by atoms with Crippen molar-refractivity contribution in [3.05, 3.63) is 35.9 Å². The zero-order chi connectivity index (χ0) is 15.8. The van der Waals surface area contributed by atoms with Crippen LogP contribution in [0, 0.1) is 0 Å². The Balaban J connectivity index is 2.01. The van der Waals surface area contributed by atoms with E-state index < -0.39 is 5.97 Å². The molecular formula is C14H17N3O2S3. The number of benzene rings is 1. The molecule has 0 aliphatic carbocycles. The number of nitrogens with zero attached hydrogens (tertiary/aromatic N) is 1. The van der Waals surface area contributed by atoms with Gasteiger partial charge >= 0.3 is 5.97 Å². The van der Waals surface area contributed by atoms with Crippen LogP contribution in [-0.4, -0.2) is 32.9 Å². The summed E-state index contributed by atoms with van der Waals surface area (Å²) in [4.78, 5) is 12.3. The molecule has 0 bridgehead atoms. The van der Waals surface area contributed by atoms with E-state index in [9.17, 15) is 4.79 Å². The molecule has 0 unspecified atom stereocenters. The van der Waals surface area contributed by atoms with Crippen LogP contribution in [0.2, 0.25) is 0 Å². The monoisotopic (exact) mass is 355 g/mol. The van der Waals surface area contributed by atoms with E-state index in [1.807, 2.05) is 30.3 Å². The van der Waals surface area contributed by atoms with Gasteiger partial charge in [0.15, 0.2) is 10.8 Å². The second-order valence-electron chi connectivity index (χ2n) is 4.46. The van der Waals surface area contributed by atoms with Gasteiger partial charge in [0.25, 0.3) is 0 Å². The van der Waals surface area contributed by atoms with E-state index in [0.29, 0.717) is 5.71 Å². The zero-order valence-corrected chi connectivity index (χ0v) is 14.3. The van der Waals surface area contributed by atoms with Gasteiger partial charge in [0, 0.05) is 0 Å². The van der Waals surface area contributed by atoms with Gasteiger partial charge < -0.3 is 10.5 Å². The Morgan fingerprint density at radius 3 is 2.68 bits per heavy atom. The number of carbonyl (C=O) groups excluding carboxylic acids is 1. The van der Waals surface area contributed by atoms with Crippen molar-refractivity contribution >= 4 is 52.5 Å². The number of rotatable bonds is 5. The fraction of sp³-hybridized carbons (Fsp3) is 0.357. The molecule has 1 aromatic carbocycles. The second-order valence-corrected chi connectivity index (χ2v) is 7.63.